The summed E-state index contributed by atoms with van der Waals surface area (Å²) in [6.07, 6.45) is 1.67. The van der Waals surface area contributed by atoms with Gasteiger partial charge in [0.05, 0.1) is 11.8 Å². The summed E-state index contributed by atoms with van der Waals surface area (Å²) in [4.78, 5) is 0. The summed E-state index contributed by atoms with van der Waals surface area (Å²) in [7, 11) is 1.96. The van der Waals surface area contributed by atoms with Crippen molar-refractivity contribution in [2.75, 3.05) is 5.75 Å². The van der Waals surface area contributed by atoms with E-state index in [1.165, 1.54) is 0 Å². The summed E-state index contributed by atoms with van der Waals surface area (Å²) < 4.78 is 7.26. The lowest BCUT2D eigenvalue weighted by Gasteiger charge is -2.02. The smallest absolute Gasteiger partial charge is 0.191 e. The van der Waals surface area contributed by atoms with Crippen molar-refractivity contribution in [2.45, 2.75) is 19.0 Å². The quantitative estimate of drug-likeness (QED) is 0.617. The highest BCUT2D eigenvalue weighted by Crippen LogP contribution is 2.26. The van der Waals surface area contributed by atoms with Gasteiger partial charge in [0, 0.05) is 12.8 Å². The van der Waals surface area contributed by atoms with E-state index < -0.39 is 0 Å². The first-order valence-electron chi connectivity index (χ1n) is 5.30. The van der Waals surface area contributed by atoms with Crippen molar-refractivity contribution in [3.05, 3.63) is 30.2 Å². The fraction of sp³-hybridized carbons (Fsp3) is 0.333. The average Bonchev–Trinajstić information content (AvgIpc) is 2.82. The van der Waals surface area contributed by atoms with Crippen molar-refractivity contribution in [1.29, 1.82) is 0 Å². The molecule has 0 aliphatic carbocycles. The molecule has 0 amide bonds. The number of thioether (sulfide) groups is 1. The van der Waals surface area contributed by atoms with Crippen molar-refractivity contribution in [3.63, 3.8) is 0 Å². The van der Waals surface area contributed by atoms with Crippen LogP contribution in [0.1, 0.15) is 12.7 Å². The van der Waals surface area contributed by atoms with Gasteiger partial charge in [0.15, 0.2) is 11.0 Å². The van der Waals surface area contributed by atoms with Crippen LogP contribution in [0.25, 0.3) is 11.4 Å². The maximum atomic E-state index is 5.28. The van der Waals surface area contributed by atoms with Crippen molar-refractivity contribution in [2.24, 2.45) is 7.05 Å². The molecule has 0 atom stereocenters. The zero-order valence-corrected chi connectivity index (χ0v) is 11.0. The molecule has 0 radical (unpaired) electrons. The van der Waals surface area contributed by atoms with Crippen LogP contribution in [-0.2, 0) is 7.05 Å². The van der Waals surface area contributed by atoms with Crippen LogP contribution in [0.3, 0.4) is 0 Å². The van der Waals surface area contributed by atoms with E-state index in [0.29, 0.717) is 0 Å². The Bertz CT molecular complexity index is 542. The molecule has 0 N–H and O–H groups in total. The topological polar surface area (TPSA) is 43.9 Å². The molecule has 2 heterocycles. The van der Waals surface area contributed by atoms with Crippen molar-refractivity contribution < 1.29 is 4.42 Å². The third kappa shape index (κ3) is 2.44. The highest BCUT2D eigenvalue weighted by Gasteiger charge is 2.14. The van der Waals surface area contributed by atoms with Crippen LogP contribution in [0, 0.1) is 6.92 Å². The van der Waals surface area contributed by atoms with Crippen molar-refractivity contribution >= 4 is 11.8 Å². The van der Waals surface area contributed by atoms with Gasteiger partial charge in [-0.15, -0.1) is 10.2 Å². The monoisotopic (exact) mass is 249 g/mol. The van der Waals surface area contributed by atoms with E-state index in [1.54, 1.807) is 18.0 Å². The average molecular weight is 249 g/mol. The molecule has 0 saturated heterocycles. The number of furan rings is 1. The Kier molecular flexibility index (Phi) is 3.38. The fourth-order valence-electron chi connectivity index (χ4n) is 1.48. The predicted octanol–water partition coefficient (Wildman–Crippen LogP) is 3.05. The van der Waals surface area contributed by atoms with Crippen LogP contribution in [0.5, 0.6) is 0 Å². The van der Waals surface area contributed by atoms with Gasteiger partial charge in [-0.2, -0.15) is 0 Å². The highest BCUT2D eigenvalue weighted by molar-refractivity contribution is 7.99. The van der Waals surface area contributed by atoms with Gasteiger partial charge in [-0.3, -0.25) is 0 Å². The van der Waals surface area contributed by atoms with Gasteiger partial charge in [-0.1, -0.05) is 23.9 Å². The molecule has 0 bridgehead atoms. The van der Waals surface area contributed by atoms with Crippen molar-refractivity contribution in [3.8, 4) is 11.4 Å². The van der Waals surface area contributed by atoms with Crippen LogP contribution in [0.4, 0.5) is 0 Å². The van der Waals surface area contributed by atoms with Crippen LogP contribution in [0.2, 0.25) is 0 Å². The Morgan fingerprint density at radius 2 is 2.29 bits per heavy atom. The first-order valence-corrected chi connectivity index (χ1v) is 6.29. The lowest BCUT2D eigenvalue weighted by molar-refractivity contribution is 0.534. The van der Waals surface area contributed by atoms with Crippen LogP contribution in [0.15, 0.2) is 34.1 Å². The molecule has 5 heteroatoms. The molecule has 2 rings (SSSR count). The summed E-state index contributed by atoms with van der Waals surface area (Å²) in [5, 5.41) is 9.27. The molecule has 0 aliphatic rings. The molecular formula is C12H15N3OS. The standard InChI is InChI=1S/C12H15N3OS/c1-8(2)7-17-12-14-13-11(15(12)4)10-5-6-16-9(10)3/h5-6H,1,7H2,2-4H3. The minimum absolute atomic E-state index is 0.834. The normalized spacial score (nSPS) is 10.8. The lowest BCUT2D eigenvalue weighted by Crippen LogP contribution is -1.95. The Morgan fingerprint density at radius 1 is 1.53 bits per heavy atom. The van der Waals surface area contributed by atoms with E-state index in [1.807, 2.05) is 31.5 Å². The maximum absolute atomic E-state index is 5.28. The number of hydrogen-bond acceptors (Lipinski definition) is 4. The second-order valence-electron chi connectivity index (χ2n) is 4.00. The van der Waals surface area contributed by atoms with Gasteiger partial charge in [-0.25, -0.2) is 0 Å². The molecule has 0 aromatic carbocycles. The van der Waals surface area contributed by atoms with Crippen LogP contribution in [-0.4, -0.2) is 20.5 Å². The molecule has 2 aromatic heterocycles. The second kappa shape index (κ2) is 4.79. The number of aryl methyl sites for hydroxylation is 1. The van der Waals surface area contributed by atoms with E-state index in [4.69, 9.17) is 4.42 Å². The molecule has 0 saturated carbocycles. The van der Waals surface area contributed by atoms with E-state index >= 15 is 0 Å². The summed E-state index contributed by atoms with van der Waals surface area (Å²) in [5.41, 5.74) is 2.11. The Morgan fingerprint density at radius 3 is 2.88 bits per heavy atom. The molecule has 0 unspecified atom stereocenters. The Balaban J connectivity index is 2.27. The van der Waals surface area contributed by atoms with Gasteiger partial charge in [0.25, 0.3) is 0 Å². The van der Waals surface area contributed by atoms with Gasteiger partial charge >= 0.3 is 0 Å². The van der Waals surface area contributed by atoms with E-state index in [2.05, 4.69) is 16.8 Å². The molecule has 4 nitrogen and oxygen atoms in total. The van der Waals surface area contributed by atoms with E-state index in [9.17, 15) is 0 Å². The predicted molar refractivity (Wildman–Crippen MR) is 69.0 cm³/mol. The third-order valence-electron chi connectivity index (χ3n) is 2.38. The Hall–Kier alpha value is -1.49. The van der Waals surface area contributed by atoms with Crippen LogP contribution >= 0.6 is 11.8 Å². The zero-order chi connectivity index (χ0) is 12.4. The largest absolute Gasteiger partial charge is 0.469 e. The van der Waals surface area contributed by atoms with Gasteiger partial charge in [-0.05, 0) is 19.9 Å². The highest BCUT2D eigenvalue weighted by atomic mass is 32.2. The van der Waals surface area contributed by atoms with Gasteiger partial charge in [0.2, 0.25) is 0 Å². The van der Waals surface area contributed by atoms with Crippen molar-refractivity contribution in [1.82, 2.24) is 14.8 Å². The number of aromatic nitrogens is 3. The first-order chi connectivity index (χ1) is 8.09. The van der Waals surface area contributed by atoms with E-state index in [0.717, 1.165) is 33.6 Å². The second-order valence-corrected chi connectivity index (χ2v) is 4.94. The zero-order valence-electron chi connectivity index (χ0n) is 10.2. The Labute approximate surface area is 105 Å². The number of rotatable bonds is 4. The summed E-state index contributed by atoms with van der Waals surface area (Å²) >= 11 is 1.64. The molecule has 2 aromatic rings. The molecule has 90 valence electrons. The maximum Gasteiger partial charge on any atom is 0.191 e. The summed E-state index contributed by atoms with van der Waals surface area (Å²) in [5.74, 6) is 2.55. The number of nitrogens with zero attached hydrogens (tertiary/aromatic N) is 3. The molecule has 17 heavy (non-hydrogen) atoms. The third-order valence-corrected chi connectivity index (χ3v) is 3.63. The van der Waals surface area contributed by atoms with Gasteiger partial charge < -0.3 is 8.98 Å². The van der Waals surface area contributed by atoms with Crippen LogP contribution < -0.4 is 0 Å². The molecule has 0 fully saturated rings. The number of hydrogen-bond donors (Lipinski definition) is 0. The molecule has 0 spiro atoms. The minimum Gasteiger partial charge on any atom is -0.469 e. The van der Waals surface area contributed by atoms with E-state index in [-0.39, 0.29) is 0 Å². The summed E-state index contributed by atoms with van der Waals surface area (Å²) in [6.45, 7) is 7.80. The summed E-state index contributed by atoms with van der Waals surface area (Å²) in [6, 6.07) is 1.91. The molecular weight excluding hydrogens is 234 g/mol. The van der Waals surface area contributed by atoms with Gasteiger partial charge in [0.1, 0.15) is 5.76 Å². The SMILES string of the molecule is C=C(C)CSc1nnc(-c2ccoc2C)n1C. The minimum atomic E-state index is 0.834. The lowest BCUT2D eigenvalue weighted by atomic mass is 10.2. The molecule has 0 aliphatic heterocycles. The first kappa shape index (κ1) is 12.0. The fourth-order valence-corrected chi connectivity index (χ4v) is 2.23.